The number of amides is 2. The van der Waals surface area contributed by atoms with Crippen molar-refractivity contribution in [3.05, 3.63) is 41.5 Å². The lowest BCUT2D eigenvalue weighted by molar-refractivity contribution is -0.124. The van der Waals surface area contributed by atoms with E-state index in [4.69, 9.17) is 0 Å². The van der Waals surface area contributed by atoms with Gasteiger partial charge in [0, 0.05) is 0 Å². The molecule has 0 radical (unpaired) electrons. The number of hydrogen-bond donors (Lipinski definition) is 0. The molecule has 1 heterocycles. The SMILES string of the molecule is CCc1cccc(CC)c1N1C(=O)C2C3C=CC(C4CC34)C2C1=O. The summed E-state index contributed by atoms with van der Waals surface area (Å²) in [4.78, 5) is 28.2. The van der Waals surface area contributed by atoms with Crippen molar-refractivity contribution in [2.45, 2.75) is 33.1 Å². The molecule has 24 heavy (non-hydrogen) atoms. The second-order valence-electron chi connectivity index (χ2n) is 7.80. The minimum atomic E-state index is -0.106. The van der Waals surface area contributed by atoms with Gasteiger partial charge in [0.25, 0.3) is 0 Å². The summed E-state index contributed by atoms with van der Waals surface area (Å²) < 4.78 is 0. The average Bonchev–Trinajstić information content (AvgIpc) is 3.39. The number of hydrogen-bond acceptors (Lipinski definition) is 2. The van der Waals surface area contributed by atoms with Crippen LogP contribution in [0, 0.1) is 35.5 Å². The summed E-state index contributed by atoms with van der Waals surface area (Å²) >= 11 is 0. The van der Waals surface area contributed by atoms with Gasteiger partial charge in [0.1, 0.15) is 0 Å². The maximum absolute atomic E-state index is 13.3. The van der Waals surface area contributed by atoms with Crippen LogP contribution in [0.25, 0.3) is 0 Å². The Balaban J connectivity index is 1.63. The van der Waals surface area contributed by atoms with Gasteiger partial charge in [-0.25, -0.2) is 4.90 Å². The fraction of sp³-hybridized carbons (Fsp3) is 0.524. The molecule has 6 unspecified atom stereocenters. The van der Waals surface area contributed by atoms with Crippen LogP contribution in [0.3, 0.4) is 0 Å². The number of para-hydroxylation sites is 1. The lowest BCUT2D eigenvalue weighted by Crippen LogP contribution is -2.40. The van der Waals surface area contributed by atoms with E-state index in [0.717, 1.165) is 29.7 Å². The third kappa shape index (κ3) is 1.63. The van der Waals surface area contributed by atoms with E-state index >= 15 is 0 Å². The molecule has 124 valence electrons. The quantitative estimate of drug-likeness (QED) is 0.632. The van der Waals surface area contributed by atoms with Crippen molar-refractivity contribution >= 4 is 17.5 Å². The fourth-order valence-electron chi connectivity index (χ4n) is 5.68. The maximum atomic E-state index is 13.3. The first-order chi connectivity index (χ1) is 11.7. The fourth-order valence-corrected chi connectivity index (χ4v) is 5.68. The molecule has 2 bridgehead atoms. The molecule has 6 atom stereocenters. The summed E-state index contributed by atoms with van der Waals surface area (Å²) in [6.07, 6.45) is 7.36. The van der Waals surface area contributed by atoms with Gasteiger partial charge in [0.05, 0.1) is 17.5 Å². The van der Waals surface area contributed by atoms with Gasteiger partial charge in [-0.2, -0.15) is 0 Å². The molecular weight excluding hydrogens is 298 g/mol. The number of rotatable bonds is 3. The molecule has 3 fully saturated rings. The minimum Gasteiger partial charge on any atom is -0.274 e. The number of anilines is 1. The highest BCUT2D eigenvalue weighted by Gasteiger charge is 2.67. The molecule has 3 heteroatoms. The van der Waals surface area contributed by atoms with Gasteiger partial charge in [0.15, 0.2) is 0 Å². The van der Waals surface area contributed by atoms with Crippen LogP contribution in [0.15, 0.2) is 30.4 Å². The van der Waals surface area contributed by atoms with Gasteiger partial charge < -0.3 is 0 Å². The van der Waals surface area contributed by atoms with Crippen LogP contribution < -0.4 is 4.90 Å². The van der Waals surface area contributed by atoms with E-state index in [1.165, 1.54) is 6.42 Å². The van der Waals surface area contributed by atoms with Crippen molar-refractivity contribution in [3.63, 3.8) is 0 Å². The first-order valence-electron chi connectivity index (χ1n) is 9.34. The normalized spacial score (nSPS) is 38.5. The van der Waals surface area contributed by atoms with E-state index in [2.05, 4.69) is 38.1 Å². The van der Waals surface area contributed by atoms with Crippen LogP contribution >= 0.6 is 0 Å². The number of aryl methyl sites for hydroxylation is 2. The number of nitrogens with zero attached hydrogens (tertiary/aromatic N) is 1. The summed E-state index contributed by atoms with van der Waals surface area (Å²) in [5.41, 5.74) is 3.11. The molecule has 1 aromatic rings. The Morgan fingerprint density at radius 3 is 1.88 bits per heavy atom. The zero-order valence-electron chi connectivity index (χ0n) is 14.2. The second-order valence-corrected chi connectivity index (χ2v) is 7.80. The number of benzene rings is 1. The van der Waals surface area contributed by atoms with Crippen LogP contribution in [0.2, 0.25) is 0 Å². The van der Waals surface area contributed by atoms with Crippen LogP contribution in [0.5, 0.6) is 0 Å². The van der Waals surface area contributed by atoms with Gasteiger partial charge in [-0.05, 0) is 54.1 Å². The highest BCUT2D eigenvalue weighted by atomic mass is 16.2. The third-order valence-corrected chi connectivity index (χ3v) is 6.85. The Hall–Kier alpha value is -1.90. The molecule has 5 aliphatic rings. The van der Waals surface area contributed by atoms with Crippen molar-refractivity contribution in [2.24, 2.45) is 35.5 Å². The Kier molecular flexibility index (Phi) is 2.89. The van der Waals surface area contributed by atoms with Crippen molar-refractivity contribution in [3.8, 4) is 0 Å². The lowest BCUT2D eigenvalue weighted by Gasteiger charge is -2.37. The zero-order chi connectivity index (χ0) is 16.6. The monoisotopic (exact) mass is 321 g/mol. The molecule has 2 saturated carbocycles. The van der Waals surface area contributed by atoms with E-state index in [1.807, 2.05) is 6.07 Å². The number of imide groups is 1. The van der Waals surface area contributed by atoms with Crippen molar-refractivity contribution in [1.82, 2.24) is 0 Å². The Labute approximate surface area is 142 Å². The van der Waals surface area contributed by atoms with Gasteiger partial charge in [-0.15, -0.1) is 0 Å². The van der Waals surface area contributed by atoms with Crippen LogP contribution in [-0.4, -0.2) is 11.8 Å². The van der Waals surface area contributed by atoms with Crippen LogP contribution in [-0.2, 0) is 22.4 Å². The largest absolute Gasteiger partial charge is 0.274 e. The summed E-state index contributed by atoms with van der Waals surface area (Å²) in [7, 11) is 0. The Morgan fingerprint density at radius 1 is 0.917 bits per heavy atom. The van der Waals surface area contributed by atoms with E-state index < -0.39 is 0 Å². The number of allylic oxidation sites excluding steroid dienone is 2. The summed E-state index contributed by atoms with van der Waals surface area (Å²) in [5.74, 6) is 1.82. The predicted octanol–water partition coefficient (Wildman–Crippen LogP) is 3.37. The van der Waals surface area contributed by atoms with Gasteiger partial charge in [-0.3, -0.25) is 9.59 Å². The van der Waals surface area contributed by atoms with Crippen LogP contribution in [0.4, 0.5) is 5.69 Å². The van der Waals surface area contributed by atoms with Crippen molar-refractivity contribution in [1.29, 1.82) is 0 Å². The molecule has 0 aromatic heterocycles. The molecule has 1 aliphatic heterocycles. The Morgan fingerprint density at radius 2 is 1.42 bits per heavy atom. The van der Waals surface area contributed by atoms with Crippen molar-refractivity contribution in [2.75, 3.05) is 4.90 Å². The first kappa shape index (κ1) is 14.4. The minimum absolute atomic E-state index is 0.0605. The topological polar surface area (TPSA) is 37.4 Å². The van der Waals surface area contributed by atoms with Gasteiger partial charge >= 0.3 is 0 Å². The van der Waals surface area contributed by atoms with E-state index in [9.17, 15) is 9.59 Å². The van der Waals surface area contributed by atoms with E-state index in [1.54, 1.807) is 4.90 Å². The zero-order valence-corrected chi connectivity index (χ0v) is 14.2. The molecule has 0 spiro atoms. The molecule has 1 saturated heterocycles. The molecular formula is C21H23NO2. The maximum Gasteiger partial charge on any atom is 0.238 e. The van der Waals surface area contributed by atoms with E-state index in [-0.39, 0.29) is 23.7 Å². The summed E-state index contributed by atoms with van der Waals surface area (Å²) in [6.45, 7) is 4.19. The smallest absolute Gasteiger partial charge is 0.238 e. The van der Waals surface area contributed by atoms with E-state index in [0.29, 0.717) is 23.7 Å². The lowest BCUT2D eigenvalue weighted by atomic mass is 9.63. The number of carbonyl (C=O) groups excluding carboxylic acids is 2. The van der Waals surface area contributed by atoms with Gasteiger partial charge in [-0.1, -0.05) is 44.2 Å². The molecule has 2 amide bonds. The average molecular weight is 321 g/mol. The molecule has 4 aliphatic carbocycles. The standard InChI is InChI=1S/C21H23NO2/c1-3-11-6-5-7-12(4-2)19(11)22-20(23)17-13-8-9-14(16-10-15(13)16)18(17)21(22)24/h5-9,13-18H,3-4,10H2,1-2H3. The highest BCUT2D eigenvalue weighted by molar-refractivity contribution is 6.23. The van der Waals surface area contributed by atoms with Crippen LogP contribution in [0.1, 0.15) is 31.4 Å². The van der Waals surface area contributed by atoms with Crippen molar-refractivity contribution < 1.29 is 9.59 Å². The Bertz CT molecular complexity index is 722. The number of carbonyl (C=O) groups is 2. The molecule has 6 rings (SSSR count). The molecule has 1 aromatic carbocycles. The second kappa shape index (κ2) is 4.81. The predicted molar refractivity (Wildman–Crippen MR) is 92.4 cm³/mol. The molecule has 0 N–H and O–H groups in total. The molecule has 3 nitrogen and oxygen atoms in total. The van der Waals surface area contributed by atoms with Gasteiger partial charge in [0.2, 0.25) is 11.8 Å². The highest BCUT2D eigenvalue weighted by Crippen LogP contribution is 2.65. The third-order valence-electron chi connectivity index (χ3n) is 6.85. The summed E-state index contributed by atoms with van der Waals surface area (Å²) in [5, 5.41) is 0. The first-order valence-corrected chi connectivity index (χ1v) is 9.34. The summed E-state index contributed by atoms with van der Waals surface area (Å²) in [6, 6.07) is 6.16.